The molecule has 0 spiro atoms. The Balaban J connectivity index is 1.12. The summed E-state index contributed by atoms with van der Waals surface area (Å²) >= 11 is 0.885. The number of benzene rings is 3. The number of carbonyl (C=O) groups is 3. The molecule has 176 valence electrons. The van der Waals surface area contributed by atoms with Crippen LogP contribution in [0.3, 0.4) is 0 Å². The van der Waals surface area contributed by atoms with Crippen LogP contribution in [0.1, 0.15) is 11.1 Å². The van der Waals surface area contributed by atoms with Crippen LogP contribution in [0, 0.1) is 0 Å². The minimum Gasteiger partial charge on any atom is -0.454 e. The predicted octanol–water partition coefficient (Wildman–Crippen LogP) is 4.48. The highest BCUT2D eigenvalue weighted by molar-refractivity contribution is 8.18. The van der Waals surface area contributed by atoms with Gasteiger partial charge in [-0.05, 0) is 52.2 Å². The highest BCUT2D eigenvalue weighted by Crippen LogP contribution is 2.36. The molecule has 0 aromatic heterocycles. The zero-order valence-corrected chi connectivity index (χ0v) is 19.5. The first-order valence-electron chi connectivity index (χ1n) is 11.1. The Bertz CT molecular complexity index is 1300. The van der Waals surface area contributed by atoms with Gasteiger partial charge in [-0.1, -0.05) is 60.7 Å². The molecule has 3 amide bonds. The summed E-state index contributed by atoms with van der Waals surface area (Å²) in [7, 11) is 0. The maximum atomic E-state index is 12.7. The molecular weight excluding hydrogens is 464 g/mol. The number of carbonyl (C=O) groups excluding carboxylic acids is 3. The van der Waals surface area contributed by atoms with E-state index in [1.54, 1.807) is 24.3 Å². The monoisotopic (exact) mass is 486 g/mol. The summed E-state index contributed by atoms with van der Waals surface area (Å²) in [4.78, 5) is 38.9. The number of fused-ring (bicyclic) bond motifs is 1. The molecule has 0 aliphatic carbocycles. The molecule has 2 aliphatic heterocycles. The van der Waals surface area contributed by atoms with Crippen LogP contribution in [0.25, 0.3) is 17.2 Å². The molecule has 2 heterocycles. The van der Waals surface area contributed by atoms with Gasteiger partial charge in [0.1, 0.15) is 0 Å². The second-order valence-electron chi connectivity index (χ2n) is 8.04. The normalized spacial score (nSPS) is 15.7. The van der Waals surface area contributed by atoms with Gasteiger partial charge in [0.05, 0.1) is 11.3 Å². The summed E-state index contributed by atoms with van der Waals surface area (Å²) in [5.41, 5.74) is 3.84. The van der Waals surface area contributed by atoms with Crippen LogP contribution in [-0.2, 0) is 16.0 Å². The first-order valence-corrected chi connectivity index (χ1v) is 11.9. The zero-order chi connectivity index (χ0) is 24.2. The summed E-state index contributed by atoms with van der Waals surface area (Å²) in [6.45, 7) is 0.470. The topological polar surface area (TPSA) is 84.9 Å². The van der Waals surface area contributed by atoms with Gasteiger partial charge < -0.3 is 14.8 Å². The Morgan fingerprint density at radius 3 is 2.49 bits per heavy atom. The number of ether oxygens (including phenoxy) is 2. The van der Waals surface area contributed by atoms with Crippen molar-refractivity contribution in [1.82, 2.24) is 10.2 Å². The van der Waals surface area contributed by atoms with E-state index < -0.39 is 0 Å². The molecule has 5 rings (SSSR count). The Labute approximate surface area is 206 Å². The number of rotatable bonds is 7. The van der Waals surface area contributed by atoms with Gasteiger partial charge in [-0.25, -0.2) is 0 Å². The number of imide groups is 1. The number of nitrogens with zero attached hydrogens (tertiary/aromatic N) is 1. The minimum absolute atomic E-state index is 0.113. The molecule has 1 saturated heterocycles. The summed E-state index contributed by atoms with van der Waals surface area (Å²) in [6.07, 6.45) is 1.88. The average Bonchev–Trinajstić information content (AvgIpc) is 3.44. The minimum atomic E-state index is -0.372. The molecular formula is C27H22N2O5S. The standard InChI is InChI=1S/C27H22N2O5S/c30-25(16-18-6-9-21(10-7-18)20-4-2-1-3-5-20)28-12-13-29-26(31)24(35-27(29)32)15-19-8-11-22-23(14-19)34-17-33-22/h1-11,14-15H,12-13,16-17H2,(H,28,30)/b24-15-. The number of thioether (sulfide) groups is 1. The van der Waals surface area contributed by atoms with E-state index in [1.807, 2.05) is 54.6 Å². The fraction of sp³-hybridized carbons (Fsp3) is 0.148. The summed E-state index contributed by atoms with van der Waals surface area (Å²) in [5.74, 6) is 0.720. The van der Waals surface area contributed by atoms with Crippen molar-refractivity contribution in [2.24, 2.45) is 0 Å². The molecule has 1 fully saturated rings. The van der Waals surface area contributed by atoms with Crippen LogP contribution < -0.4 is 14.8 Å². The van der Waals surface area contributed by atoms with Crippen molar-refractivity contribution in [3.05, 3.63) is 88.8 Å². The van der Waals surface area contributed by atoms with Crippen molar-refractivity contribution in [3.63, 3.8) is 0 Å². The van der Waals surface area contributed by atoms with Gasteiger partial charge in [0.2, 0.25) is 12.7 Å². The zero-order valence-electron chi connectivity index (χ0n) is 18.7. The third-order valence-electron chi connectivity index (χ3n) is 5.65. The first kappa shape index (κ1) is 22.7. The van der Waals surface area contributed by atoms with E-state index in [4.69, 9.17) is 9.47 Å². The molecule has 0 atom stereocenters. The van der Waals surface area contributed by atoms with Crippen LogP contribution >= 0.6 is 11.8 Å². The molecule has 35 heavy (non-hydrogen) atoms. The van der Waals surface area contributed by atoms with E-state index in [9.17, 15) is 14.4 Å². The Morgan fingerprint density at radius 2 is 1.69 bits per heavy atom. The van der Waals surface area contributed by atoms with Crippen LogP contribution in [-0.4, -0.2) is 41.8 Å². The highest BCUT2D eigenvalue weighted by atomic mass is 32.2. The maximum absolute atomic E-state index is 12.7. The van der Waals surface area contributed by atoms with Crippen LogP contribution in [0.15, 0.2) is 77.7 Å². The van der Waals surface area contributed by atoms with Gasteiger partial charge in [0.15, 0.2) is 11.5 Å². The number of hydrogen-bond donors (Lipinski definition) is 1. The van der Waals surface area contributed by atoms with Crippen LogP contribution in [0.5, 0.6) is 11.5 Å². The molecule has 0 radical (unpaired) electrons. The largest absolute Gasteiger partial charge is 0.454 e. The molecule has 0 saturated carbocycles. The lowest BCUT2D eigenvalue weighted by Gasteiger charge is -2.13. The van der Waals surface area contributed by atoms with Gasteiger partial charge >= 0.3 is 0 Å². The number of nitrogens with one attached hydrogen (secondary N) is 1. The number of amides is 3. The smallest absolute Gasteiger partial charge is 0.293 e. The van der Waals surface area contributed by atoms with E-state index >= 15 is 0 Å². The number of hydrogen-bond acceptors (Lipinski definition) is 6. The molecule has 0 unspecified atom stereocenters. The molecule has 2 aliphatic rings. The maximum Gasteiger partial charge on any atom is 0.293 e. The lowest BCUT2D eigenvalue weighted by Crippen LogP contribution is -2.37. The fourth-order valence-electron chi connectivity index (χ4n) is 3.85. The van der Waals surface area contributed by atoms with Crippen molar-refractivity contribution in [2.75, 3.05) is 19.9 Å². The fourth-order valence-corrected chi connectivity index (χ4v) is 4.71. The molecule has 3 aromatic carbocycles. The summed E-state index contributed by atoms with van der Waals surface area (Å²) < 4.78 is 10.6. The van der Waals surface area contributed by atoms with Gasteiger partial charge in [0.25, 0.3) is 11.1 Å². The Morgan fingerprint density at radius 1 is 0.943 bits per heavy atom. The second-order valence-corrected chi connectivity index (χ2v) is 9.03. The van der Waals surface area contributed by atoms with Crippen LogP contribution in [0.2, 0.25) is 0 Å². The highest BCUT2D eigenvalue weighted by Gasteiger charge is 2.34. The van der Waals surface area contributed by atoms with E-state index in [0.717, 1.165) is 38.9 Å². The molecule has 3 aromatic rings. The SMILES string of the molecule is O=C(Cc1ccc(-c2ccccc2)cc1)NCCN1C(=O)S/C(=C\c2ccc3c(c2)OCO3)C1=O. The summed E-state index contributed by atoms with van der Waals surface area (Å²) in [6, 6.07) is 23.2. The van der Waals surface area contributed by atoms with Gasteiger partial charge in [-0.3, -0.25) is 19.3 Å². The molecule has 1 N–H and O–H groups in total. The third kappa shape index (κ3) is 5.22. The summed E-state index contributed by atoms with van der Waals surface area (Å²) in [5, 5.41) is 2.44. The Hall–Kier alpha value is -4.04. The van der Waals surface area contributed by atoms with E-state index in [0.29, 0.717) is 16.4 Å². The molecule has 0 bridgehead atoms. The van der Waals surface area contributed by atoms with Crippen molar-refractivity contribution >= 4 is 34.9 Å². The molecule has 8 heteroatoms. The van der Waals surface area contributed by atoms with Crippen molar-refractivity contribution in [2.45, 2.75) is 6.42 Å². The van der Waals surface area contributed by atoms with Crippen molar-refractivity contribution < 1.29 is 23.9 Å². The van der Waals surface area contributed by atoms with E-state index in [1.165, 1.54) is 0 Å². The first-order chi connectivity index (χ1) is 17.1. The van der Waals surface area contributed by atoms with Gasteiger partial charge in [0, 0.05) is 13.1 Å². The average molecular weight is 487 g/mol. The predicted molar refractivity (Wildman–Crippen MR) is 134 cm³/mol. The quantitative estimate of drug-likeness (QED) is 0.496. The Kier molecular flexibility index (Phi) is 6.54. The van der Waals surface area contributed by atoms with Crippen LogP contribution in [0.4, 0.5) is 4.79 Å². The van der Waals surface area contributed by atoms with E-state index in [-0.39, 0.29) is 43.4 Å². The lowest BCUT2D eigenvalue weighted by atomic mass is 10.0. The van der Waals surface area contributed by atoms with Gasteiger partial charge in [-0.15, -0.1) is 0 Å². The van der Waals surface area contributed by atoms with Crippen molar-refractivity contribution in [3.8, 4) is 22.6 Å². The third-order valence-corrected chi connectivity index (χ3v) is 6.56. The van der Waals surface area contributed by atoms with Crippen molar-refractivity contribution in [1.29, 1.82) is 0 Å². The lowest BCUT2D eigenvalue weighted by molar-refractivity contribution is -0.124. The van der Waals surface area contributed by atoms with E-state index in [2.05, 4.69) is 5.32 Å². The molecule has 7 nitrogen and oxygen atoms in total. The van der Waals surface area contributed by atoms with Gasteiger partial charge in [-0.2, -0.15) is 0 Å². The second kappa shape index (κ2) is 10.1.